The fraction of sp³-hybridized carbons (Fsp3) is 0.160. The third kappa shape index (κ3) is 5.09. The molecule has 0 fully saturated rings. The number of nitrogens with zero attached hydrogens (tertiary/aromatic N) is 3. The summed E-state index contributed by atoms with van der Waals surface area (Å²) in [6, 6.07) is 17.6. The van der Waals surface area contributed by atoms with Crippen molar-refractivity contribution in [2.75, 3.05) is 18.4 Å². The second-order valence-corrected chi connectivity index (χ2v) is 7.55. The number of halogens is 3. The lowest BCUT2D eigenvalue weighted by Crippen LogP contribution is -2.29. The van der Waals surface area contributed by atoms with Gasteiger partial charge < -0.3 is 15.2 Å². The summed E-state index contributed by atoms with van der Waals surface area (Å²) in [6.45, 7) is 2.46. The first-order chi connectivity index (χ1) is 16.3. The van der Waals surface area contributed by atoms with Gasteiger partial charge in [-0.25, -0.2) is 4.98 Å². The molecule has 2 N–H and O–H groups in total. The molecule has 0 spiro atoms. The van der Waals surface area contributed by atoms with Crippen molar-refractivity contribution in [2.24, 2.45) is 0 Å². The maximum Gasteiger partial charge on any atom is 0.417 e. The Kier molecular flexibility index (Phi) is 6.62. The molecule has 0 saturated heterocycles. The first-order valence-electron chi connectivity index (χ1n) is 10.6. The standard InChI is InChI=1S/C25H22F3N5O/c1-17-21(24(34)31-14-13-30-23-8-7-19(16-32-23)25(26,27)28)15-22(18-9-11-29-12-10-18)33(17)20-5-3-2-4-6-20/h2-12,15-16H,13-14H2,1H3,(H,30,32)(H,31,34). The molecule has 9 heteroatoms. The second-order valence-electron chi connectivity index (χ2n) is 7.55. The summed E-state index contributed by atoms with van der Waals surface area (Å²) in [7, 11) is 0. The van der Waals surface area contributed by atoms with E-state index in [1.54, 1.807) is 12.4 Å². The van der Waals surface area contributed by atoms with Crippen LogP contribution in [0.2, 0.25) is 0 Å². The van der Waals surface area contributed by atoms with Gasteiger partial charge in [0.2, 0.25) is 0 Å². The van der Waals surface area contributed by atoms with Gasteiger partial charge in [0.1, 0.15) is 5.82 Å². The Morgan fingerprint density at radius 2 is 1.74 bits per heavy atom. The van der Waals surface area contributed by atoms with E-state index >= 15 is 0 Å². The summed E-state index contributed by atoms with van der Waals surface area (Å²) in [5, 5.41) is 5.76. The molecule has 0 atom stereocenters. The molecule has 174 valence electrons. The van der Waals surface area contributed by atoms with Crippen LogP contribution >= 0.6 is 0 Å². The minimum atomic E-state index is -4.43. The minimum Gasteiger partial charge on any atom is -0.368 e. The monoisotopic (exact) mass is 465 g/mol. The van der Waals surface area contributed by atoms with Crippen LogP contribution in [0.25, 0.3) is 16.9 Å². The molecule has 0 aliphatic heterocycles. The van der Waals surface area contributed by atoms with E-state index in [4.69, 9.17) is 0 Å². The molecular weight excluding hydrogens is 443 g/mol. The van der Waals surface area contributed by atoms with Crippen molar-refractivity contribution < 1.29 is 18.0 Å². The lowest BCUT2D eigenvalue weighted by molar-refractivity contribution is -0.137. The van der Waals surface area contributed by atoms with Gasteiger partial charge in [-0.3, -0.25) is 9.78 Å². The molecule has 6 nitrogen and oxygen atoms in total. The Balaban J connectivity index is 1.46. The number of aromatic nitrogens is 3. The number of benzene rings is 1. The van der Waals surface area contributed by atoms with E-state index in [2.05, 4.69) is 20.6 Å². The van der Waals surface area contributed by atoms with Crippen LogP contribution in [0.1, 0.15) is 21.6 Å². The van der Waals surface area contributed by atoms with Crippen molar-refractivity contribution >= 4 is 11.7 Å². The van der Waals surface area contributed by atoms with Crippen molar-refractivity contribution in [3.05, 3.63) is 96.1 Å². The largest absolute Gasteiger partial charge is 0.417 e. The third-order valence-electron chi connectivity index (χ3n) is 5.29. The van der Waals surface area contributed by atoms with Crippen LogP contribution < -0.4 is 10.6 Å². The number of carbonyl (C=O) groups excluding carboxylic acids is 1. The van der Waals surface area contributed by atoms with Crippen molar-refractivity contribution in [1.29, 1.82) is 0 Å². The molecular formula is C25H22F3N5O. The van der Waals surface area contributed by atoms with Gasteiger partial charge in [0.25, 0.3) is 5.91 Å². The molecule has 0 unspecified atom stereocenters. The zero-order chi connectivity index (χ0) is 24.1. The van der Waals surface area contributed by atoms with Gasteiger partial charge in [-0.05, 0) is 49.4 Å². The van der Waals surface area contributed by atoms with Gasteiger partial charge in [-0.15, -0.1) is 0 Å². The molecule has 4 rings (SSSR count). The first kappa shape index (κ1) is 23.0. The molecule has 0 aliphatic rings. The van der Waals surface area contributed by atoms with Gasteiger partial charge in [-0.2, -0.15) is 13.2 Å². The number of alkyl halides is 3. The number of hydrogen-bond donors (Lipinski definition) is 2. The summed E-state index contributed by atoms with van der Waals surface area (Å²) in [6.07, 6.45) is -0.249. The van der Waals surface area contributed by atoms with E-state index < -0.39 is 11.7 Å². The van der Waals surface area contributed by atoms with E-state index in [1.807, 2.05) is 60.0 Å². The molecule has 0 bridgehead atoms. The van der Waals surface area contributed by atoms with Crippen LogP contribution in [0.4, 0.5) is 19.0 Å². The molecule has 4 aromatic rings. The average molecular weight is 465 g/mol. The molecule has 0 aliphatic carbocycles. The molecule has 34 heavy (non-hydrogen) atoms. The Morgan fingerprint density at radius 3 is 2.38 bits per heavy atom. The molecule has 3 aromatic heterocycles. The number of anilines is 1. The first-order valence-corrected chi connectivity index (χ1v) is 10.6. The Bertz CT molecular complexity index is 1250. The quantitative estimate of drug-likeness (QED) is 0.373. The van der Waals surface area contributed by atoms with Crippen LogP contribution in [0.15, 0.2) is 79.3 Å². The Hall–Kier alpha value is -4.14. The lowest BCUT2D eigenvalue weighted by atomic mass is 10.1. The summed E-state index contributed by atoms with van der Waals surface area (Å²) in [5.74, 6) is 0.0540. The van der Waals surface area contributed by atoms with E-state index in [0.717, 1.165) is 34.9 Å². The van der Waals surface area contributed by atoms with Crippen molar-refractivity contribution in [2.45, 2.75) is 13.1 Å². The normalized spacial score (nSPS) is 11.3. The van der Waals surface area contributed by atoms with Gasteiger partial charge in [0.15, 0.2) is 0 Å². The van der Waals surface area contributed by atoms with Crippen molar-refractivity contribution in [3.63, 3.8) is 0 Å². The van der Waals surface area contributed by atoms with Gasteiger partial charge in [0, 0.05) is 48.6 Å². The maximum atomic E-state index is 13.0. The van der Waals surface area contributed by atoms with Crippen LogP contribution in [-0.2, 0) is 6.18 Å². The maximum absolute atomic E-state index is 13.0. The Labute approximate surface area is 194 Å². The zero-order valence-corrected chi connectivity index (χ0v) is 18.3. The van der Waals surface area contributed by atoms with E-state index in [-0.39, 0.29) is 12.5 Å². The highest BCUT2D eigenvalue weighted by Gasteiger charge is 2.30. The number of rotatable bonds is 7. The topological polar surface area (TPSA) is 71.8 Å². The van der Waals surface area contributed by atoms with Crippen LogP contribution in [-0.4, -0.2) is 33.5 Å². The highest BCUT2D eigenvalue weighted by atomic mass is 19.4. The minimum absolute atomic E-state index is 0.246. The summed E-state index contributed by atoms with van der Waals surface area (Å²) >= 11 is 0. The summed E-state index contributed by atoms with van der Waals surface area (Å²) in [5.41, 5.74) is 3.23. The number of carbonyl (C=O) groups is 1. The fourth-order valence-corrected chi connectivity index (χ4v) is 3.61. The average Bonchev–Trinajstić information content (AvgIpc) is 3.19. The smallest absolute Gasteiger partial charge is 0.368 e. The predicted molar refractivity (Wildman–Crippen MR) is 124 cm³/mol. The van der Waals surface area contributed by atoms with Gasteiger partial charge >= 0.3 is 6.18 Å². The van der Waals surface area contributed by atoms with E-state index in [9.17, 15) is 18.0 Å². The van der Waals surface area contributed by atoms with Crippen LogP contribution in [0, 0.1) is 6.92 Å². The molecule has 3 heterocycles. The molecule has 0 saturated carbocycles. The predicted octanol–water partition coefficient (Wildman–Crippen LogP) is 5.10. The number of hydrogen-bond acceptors (Lipinski definition) is 4. The lowest BCUT2D eigenvalue weighted by Gasteiger charge is -2.12. The molecule has 1 aromatic carbocycles. The Morgan fingerprint density at radius 1 is 1.00 bits per heavy atom. The van der Waals surface area contributed by atoms with Crippen LogP contribution in [0.5, 0.6) is 0 Å². The van der Waals surface area contributed by atoms with Crippen molar-refractivity contribution in [3.8, 4) is 16.9 Å². The number of nitrogens with one attached hydrogen (secondary N) is 2. The highest BCUT2D eigenvalue weighted by Crippen LogP contribution is 2.30. The number of pyridine rings is 2. The zero-order valence-electron chi connectivity index (χ0n) is 18.3. The van der Waals surface area contributed by atoms with Gasteiger partial charge in [-0.1, -0.05) is 18.2 Å². The van der Waals surface area contributed by atoms with Crippen LogP contribution in [0.3, 0.4) is 0 Å². The van der Waals surface area contributed by atoms with Gasteiger partial charge in [0.05, 0.1) is 16.8 Å². The number of amides is 1. The number of para-hydroxylation sites is 1. The van der Waals surface area contributed by atoms with Crippen molar-refractivity contribution in [1.82, 2.24) is 19.9 Å². The summed E-state index contributed by atoms with van der Waals surface area (Å²) in [4.78, 5) is 20.8. The fourth-order valence-electron chi connectivity index (χ4n) is 3.61. The molecule has 1 amide bonds. The highest BCUT2D eigenvalue weighted by molar-refractivity contribution is 5.97. The second kappa shape index (κ2) is 9.78. The third-order valence-corrected chi connectivity index (χ3v) is 5.29. The molecule has 0 radical (unpaired) electrons. The SMILES string of the molecule is Cc1c(C(=O)NCCNc2ccc(C(F)(F)F)cn2)cc(-c2ccncc2)n1-c1ccccc1. The van der Waals surface area contributed by atoms with E-state index in [0.29, 0.717) is 17.9 Å². The summed E-state index contributed by atoms with van der Waals surface area (Å²) < 4.78 is 40.0. The van der Waals surface area contributed by atoms with E-state index in [1.165, 1.54) is 6.07 Å².